The quantitative estimate of drug-likeness (QED) is 0.336. The standard InChI is InChI=1S/C27H30F2N6OS/c1-26-8-9-27(2,34-26)24(29)19(13-26)35(17-5-6-17)22-14-30-25(33-32-22)18-7-4-15(10-20(18)36)16-11-21(28)31-23(12-16)37-3/h4,7,10-12,14,17,19,24,34,36H,5-6,8-9,13H2,1-3H3/t19-,24-,26-,27+/m0/s1/i3D3. The van der Waals surface area contributed by atoms with E-state index in [1.165, 1.54) is 18.2 Å². The molecule has 2 saturated heterocycles. The van der Waals surface area contributed by atoms with Crippen molar-refractivity contribution in [2.45, 2.75) is 80.3 Å². The molecule has 3 fully saturated rings. The summed E-state index contributed by atoms with van der Waals surface area (Å²) in [5.74, 6) is -0.247. The predicted molar refractivity (Wildman–Crippen MR) is 140 cm³/mol. The van der Waals surface area contributed by atoms with E-state index in [1.807, 2.05) is 6.92 Å². The Balaban J connectivity index is 1.26. The Morgan fingerprint density at radius 2 is 2.00 bits per heavy atom. The van der Waals surface area contributed by atoms with Gasteiger partial charge in [-0.05, 0) is 81.5 Å². The fraction of sp³-hybridized carbons (Fsp3) is 0.481. The van der Waals surface area contributed by atoms with Crippen LogP contribution >= 0.6 is 11.8 Å². The van der Waals surface area contributed by atoms with Gasteiger partial charge in [0, 0.05) is 27.3 Å². The first kappa shape index (κ1) is 21.1. The fourth-order valence-electron chi connectivity index (χ4n) is 6.02. The van der Waals surface area contributed by atoms with Gasteiger partial charge in [0.25, 0.3) is 0 Å². The lowest BCUT2D eigenvalue weighted by molar-refractivity contribution is 0.0831. The van der Waals surface area contributed by atoms with Gasteiger partial charge in [-0.3, -0.25) is 0 Å². The number of anilines is 1. The molecular weight excluding hydrogens is 494 g/mol. The van der Waals surface area contributed by atoms with E-state index in [2.05, 4.69) is 37.3 Å². The first-order valence-electron chi connectivity index (χ1n) is 13.9. The highest BCUT2D eigenvalue weighted by molar-refractivity contribution is 7.98. The van der Waals surface area contributed by atoms with Crippen LogP contribution in [-0.4, -0.2) is 60.8 Å². The summed E-state index contributed by atoms with van der Waals surface area (Å²) in [6.45, 7) is 4.13. The topological polar surface area (TPSA) is 87.1 Å². The number of phenols is 1. The van der Waals surface area contributed by atoms with Crippen molar-refractivity contribution in [3.8, 4) is 28.3 Å². The molecule has 6 rings (SSSR count). The van der Waals surface area contributed by atoms with Crippen LogP contribution in [0.1, 0.15) is 50.1 Å². The maximum atomic E-state index is 15.9. The van der Waals surface area contributed by atoms with Crippen LogP contribution in [0.4, 0.5) is 14.6 Å². The highest BCUT2D eigenvalue weighted by Crippen LogP contribution is 2.47. The van der Waals surface area contributed by atoms with Gasteiger partial charge in [0.2, 0.25) is 5.95 Å². The minimum atomic E-state index is -2.37. The molecule has 0 spiro atoms. The molecular formula is C27H30F2N6OS. The van der Waals surface area contributed by atoms with Gasteiger partial charge in [0.15, 0.2) is 11.6 Å². The normalized spacial score (nSPS) is 30.4. The van der Waals surface area contributed by atoms with Crippen molar-refractivity contribution >= 4 is 17.6 Å². The third-order valence-electron chi connectivity index (χ3n) is 7.95. The molecule has 10 heteroatoms. The molecule has 1 aliphatic carbocycles. The van der Waals surface area contributed by atoms with Gasteiger partial charge in [-0.1, -0.05) is 6.07 Å². The summed E-state index contributed by atoms with van der Waals surface area (Å²) in [5, 5.41) is 23.0. The molecule has 2 bridgehead atoms. The summed E-state index contributed by atoms with van der Waals surface area (Å²) in [6, 6.07) is 7.19. The predicted octanol–water partition coefficient (Wildman–Crippen LogP) is 5.15. The number of nitrogens with zero attached hydrogens (tertiary/aromatic N) is 5. The Kier molecular flexibility index (Phi) is 5.06. The number of hydrogen-bond donors (Lipinski definition) is 2. The minimum Gasteiger partial charge on any atom is -0.507 e. The number of thioether (sulfide) groups is 1. The largest absolute Gasteiger partial charge is 0.507 e. The molecule has 2 N–H and O–H groups in total. The Hall–Kier alpha value is -2.85. The number of aromatic hydroxyl groups is 1. The summed E-state index contributed by atoms with van der Waals surface area (Å²) >= 11 is 0.478. The van der Waals surface area contributed by atoms with Crippen LogP contribution in [0.3, 0.4) is 0 Å². The molecule has 7 nitrogen and oxygen atoms in total. The van der Waals surface area contributed by atoms with Gasteiger partial charge in [0.1, 0.15) is 11.9 Å². The molecule has 2 aliphatic heterocycles. The Morgan fingerprint density at radius 1 is 1.16 bits per heavy atom. The zero-order valence-corrected chi connectivity index (χ0v) is 21.4. The van der Waals surface area contributed by atoms with Crippen LogP contribution in [-0.2, 0) is 0 Å². The van der Waals surface area contributed by atoms with Crippen LogP contribution < -0.4 is 10.2 Å². The number of benzene rings is 1. The number of rotatable bonds is 6. The average Bonchev–Trinajstić information content (AvgIpc) is 3.66. The second-order valence-corrected chi connectivity index (χ2v) is 11.5. The summed E-state index contributed by atoms with van der Waals surface area (Å²) in [6.07, 6.45) is 2.50. The van der Waals surface area contributed by atoms with E-state index in [9.17, 15) is 9.50 Å². The lowest BCUT2D eigenvalue weighted by Gasteiger charge is -2.48. The number of phenolic OH excluding ortho intramolecular Hbond substituents is 1. The smallest absolute Gasteiger partial charge is 0.214 e. The number of piperidine rings is 1. The minimum absolute atomic E-state index is 0.0159. The molecule has 4 heterocycles. The molecule has 0 unspecified atom stereocenters. The van der Waals surface area contributed by atoms with Crippen LogP contribution in [0.25, 0.3) is 22.5 Å². The van der Waals surface area contributed by atoms with E-state index in [4.69, 9.17) is 4.11 Å². The number of hydrogen-bond acceptors (Lipinski definition) is 8. The second-order valence-electron chi connectivity index (χ2n) is 10.9. The molecule has 194 valence electrons. The van der Waals surface area contributed by atoms with Crippen molar-refractivity contribution in [2.24, 2.45) is 0 Å². The fourth-order valence-corrected chi connectivity index (χ4v) is 6.34. The summed E-state index contributed by atoms with van der Waals surface area (Å²) < 4.78 is 52.2. The first-order valence-corrected chi connectivity index (χ1v) is 13.3. The Morgan fingerprint density at radius 3 is 2.70 bits per heavy atom. The molecule has 2 aromatic heterocycles. The van der Waals surface area contributed by atoms with E-state index < -0.39 is 23.8 Å². The van der Waals surface area contributed by atoms with E-state index >= 15 is 4.39 Å². The highest BCUT2D eigenvalue weighted by atomic mass is 32.2. The molecule has 0 radical (unpaired) electrons. The Labute approximate surface area is 223 Å². The van der Waals surface area contributed by atoms with Gasteiger partial charge < -0.3 is 15.3 Å². The molecule has 3 aromatic rings. The maximum Gasteiger partial charge on any atom is 0.214 e. The molecule has 1 saturated carbocycles. The molecule has 37 heavy (non-hydrogen) atoms. The van der Waals surface area contributed by atoms with Gasteiger partial charge in [-0.15, -0.1) is 22.0 Å². The van der Waals surface area contributed by atoms with Crippen molar-refractivity contribution < 1.29 is 18.0 Å². The number of alkyl halides is 1. The van der Waals surface area contributed by atoms with Gasteiger partial charge in [-0.2, -0.15) is 4.39 Å². The van der Waals surface area contributed by atoms with Crippen molar-refractivity contribution in [1.82, 2.24) is 25.5 Å². The monoisotopic (exact) mass is 527 g/mol. The lowest BCUT2D eigenvalue weighted by Crippen LogP contribution is -2.66. The summed E-state index contributed by atoms with van der Waals surface area (Å²) in [5.41, 5.74) is 0.484. The van der Waals surface area contributed by atoms with Crippen LogP contribution in [0.2, 0.25) is 0 Å². The maximum absolute atomic E-state index is 15.9. The SMILES string of the molecule is [2H]C([2H])([2H])Sc1cc(-c2ccc(-c3ncc(N(C4CC4)[C@H]4C[C@]5(C)CC[C@@](C)(N5)[C@H]4F)nn3)c(O)c2)cc(F)n1. The van der Waals surface area contributed by atoms with Gasteiger partial charge in [0.05, 0.1) is 22.8 Å². The number of pyridine rings is 1. The highest BCUT2D eigenvalue weighted by Gasteiger charge is 2.58. The Bertz CT molecular complexity index is 1440. The first-order chi connectivity index (χ1) is 18.8. The summed E-state index contributed by atoms with van der Waals surface area (Å²) in [4.78, 5) is 10.2. The number of aromatic nitrogens is 4. The van der Waals surface area contributed by atoms with E-state index in [-0.39, 0.29) is 34.2 Å². The number of halogens is 2. The molecule has 4 atom stereocenters. The zero-order valence-electron chi connectivity index (χ0n) is 23.6. The average molecular weight is 528 g/mol. The molecule has 0 amide bonds. The summed E-state index contributed by atoms with van der Waals surface area (Å²) in [7, 11) is 0. The van der Waals surface area contributed by atoms with E-state index in [0.29, 0.717) is 40.7 Å². The van der Waals surface area contributed by atoms with Gasteiger partial charge >= 0.3 is 0 Å². The van der Waals surface area contributed by atoms with E-state index in [0.717, 1.165) is 25.7 Å². The van der Waals surface area contributed by atoms with E-state index in [1.54, 1.807) is 18.3 Å². The van der Waals surface area contributed by atoms with Crippen LogP contribution in [0.15, 0.2) is 41.6 Å². The van der Waals surface area contributed by atoms with Crippen LogP contribution in [0, 0.1) is 5.95 Å². The van der Waals surface area contributed by atoms with Crippen LogP contribution in [0.5, 0.6) is 5.75 Å². The second kappa shape index (κ2) is 8.87. The van der Waals surface area contributed by atoms with Crippen molar-refractivity contribution in [3.63, 3.8) is 0 Å². The molecule has 1 aromatic carbocycles. The number of fused-ring (bicyclic) bond motifs is 2. The van der Waals surface area contributed by atoms with Crippen molar-refractivity contribution in [1.29, 1.82) is 0 Å². The van der Waals surface area contributed by atoms with Crippen molar-refractivity contribution in [2.75, 3.05) is 11.1 Å². The number of nitrogens with one attached hydrogen (secondary N) is 1. The zero-order chi connectivity index (χ0) is 28.4. The third-order valence-corrected chi connectivity index (χ3v) is 8.37. The van der Waals surface area contributed by atoms with Crippen molar-refractivity contribution in [3.05, 3.63) is 42.5 Å². The van der Waals surface area contributed by atoms with Gasteiger partial charge in [-0.25, -0.2) is 14.4 Å². The third kappa shape index (κ3) is 4.44. The molecule has 3 aliphatic rings. The lowest BCUT2D eigenvalue weighted by atomic mass is 9.82.